The molecule has 1 amide bonds. The molecule has 1 unspecified atom stereocenters. The van der Waals surface area contributed by atoms with Crippen molar-refractivity contribution < 1.29 is 9.90 Å². The maximum absolute atomic E-state index is 11.7. The lowest BCUT2D eigenvalue weighted by molar-refractivity contribution is -0.131. The third kappa shape index (κ3) is 6.80. The van der Waals surface area contributed by atoms with Crippen LogP contribution >= 0.6 is 0 Å². The van der Waals surface area contributed by atoms with Crippen molar-refractivity contribution in [2.75, 3.05) is 26.7 Å². The number of hydrogen-bond donors (Lipinski definition) is 2. The second-order valence-electron chi connectivity index (χ2n) is 4.17. The summed E-state index contributed by atoms with van der Waals surface area (Å²) in [7, 11) is 1.82. The zero-order chi connectivity index (χ0) is 12.4. The van der Waals surface area contributed by atoms with Gasteiger partial charge in [0.1, 0.15) is 0 Å². The van der Waals surface area contributed by atoms with Crippen LogP contribution in [0.1, 0.15) is 39.5 Å². The van der Waals surface area contributed by atoms with Crippen molar-refractivity contribution in [3.63, 3.8) is 0 Å². The largest absolute Gasteiger partial charge is 0.396 e. The first-order valence-corrected chi connectivity index (χ1v) is 6.22. The van der Waals surface area contributed by atoms with Gasteiger partial charge in [-0.15, -0.1) is 0 Å². The third-order valence-corrected chi connectivity index (χ3v) is 2.76. The van der Waals surface area contributed by atoms with Gasteiger partial charge in [-0.25, -0.2) is 0 Å². The molecule has 0 aliphatic rings. The van der Waals surface area contributed by atoms with Crippen LogP contribution in [0.25, 0.3) is 0 Å². The monoisotopic (exact) mass is 230 g/mol. The summed E-state index contributed by atoms with van der Waals surface area (Å²) in [4.78, 5) is 13.4. The van der Waals surface area contributed by atoms with Crippen molar-refractivity contribution in [2.45, 2.75) is 45.6 Å². The number of nitrogens with one attached hydrogen (secondary N) is 1. The highest BCUT2D eigenvalue weighted by Crippen LogP contribution is 1.98. The Kier molecular flexibility index (Phi) is 9.24. The van der Waals surface area contributed by atoms with E-state index in [1.54, 1.807) is 4.90 Å². The lowest BCUT2D eigenvalue weighted by Gasteiger charge is -2.20. The Morgan fingerprint density at radius 1 is 1.31 bits per heavy atom. The summed E-state index contributed by atoms with van der Waals surface area (Å²) in [5.74, 6) is 0.151. The molecule has 0 aromatic heterocycles. The van der Waals surface area contributed by atoms with Gasteiger partial charge in [0.25, 0.3) is 0 Å². The van der Waals surface area contributed by atoms with Crippen molar-refractivity contribution in [3.8, 4) is 0 Å². The van der Waals surface area contributed by atoms with E-state index in [1.807, 2.05) is 20.9 Å². The van der Waals surface area contributed by atoms with E-state index >= 15 is 0 Å². The predicted molar refractivity (Wildman–Crippen MR) is 66.3 cm³/mol. The van der Waals surface area contributed by atoms with Crippen LogP contribution in [0.15, 0.2) is 0 Å². The number of carbonyl (C=O) groups excluding carboxylic acids is 1. The maximum atomic E-state index is 11.7. The fourth-order valence-corrected chi connectivity index (χ4v) is 1.48. The van der Waals surface area contributed by atoms with Gasteiger partial charge in [0.05, 0.1) is 6.04 Å². The highest BCUT2D eigenvalue weighted by Gasteiger charge is 2.14. The number of aliphatic hydroxyl groups is 1. The van der Waals surface area contributed by atoms with Crippen LogP contribution in [0.5, 0.6) is 0 Å². The van der Waals surface area contributed by atoms with Gasteiger partial charge in [0.15, 0.2) is 0 Å². The maximum Gasteiger partial charge on any atom is 0.239 e. The van der Waals surface area contributed by atoms with Crippen molar-refractivity contribution in [3.05, 3.63) is 0 Å². The quantitative estimate of drug-likeness (QED) is 0.581. The molecule has 0 aliphatic carbocycles. The summed E-state index contributed by atoms with van der Waals surface area (Å²) in [5, 5.41) is 11.8. The van der Waals surface area contributed by atoms with Crippen molar-refractivity contribution in [1.29, 1.82) is 0 Å². The molecule has 0 saturated heterocycles. The van der Waals surface area contributed by atoms with Gasteiger partial charge in [-0.3, -0.25) is 4.79 Å². The number of hydrogen-bond acceptors (Lipinski definition) is 3. The molecular weight excluding hydrogens is 204 g/mol. The zero-order valence-electron chi connectivity index (χ0n) is 10.8. The zero-order valence-corrected chi connectivity index (χ0v) is 10.8. The number of likely N-dealkylation sites (N-methyl/N-ethyl adjacent to an activating group) is 1. The third-order valence-electron chi connectivity index (χ3n) is 2.76. The lowest BCUT2D eigenvalue weighted by Crippen LogP contribution is -2.43. The van der Waals surface area contributed by atoms with E-state index in [0.29, 0.717) is 0 Å². The standard InChI is InChI=1S/C12H26N2O2/c1-4-14(3)12(16)11(2)13-9-7-5-6-8-10-15/h11,13,15H,4-10H2,1-3H3. The van der Waals surface area contributed by atoms with Gasteiger partial charge in [-0.1, -0.05) is 12.8 Å². The minimum Gasteiger partial charge on any atom is -0.396 e. The van der Waals surface area contributed by atoms with Crippen LogP contribution in [-0.2, 0) is 4.79 Å². The summed E-state index contributed by atoms with van der Waals surface area (Å²) < 4.78 is 0. The van der Waals surface area contributed by atoms with Crippen LogP contribution in [0, 0.1) is 0 Å². The molecule has 2 N–H and O–H groups in total. The molecule has 0 saturated carbocycles. The molecule has 0 rings (SSSR count). The summed E-state index contributed by atoms with van der Waals surface area (Å²) in [5.41, 5.74) is 0. The molecule has 0 aliphatic heterocycles. The molecule has 16 heavy (non-hydrogen) atoms. The number of unbranched alkanes of at least 4 members (excludes halogenated alkanes) is 3. The van der Waals surface area contributed by atoms with Gasteiger partial charge in [-0.05, 0) is 33.2 Å². The SMILES string of the molecule is CCN(C)C(=O)C(C)NCCCCCCO. The van der Waals surface area contributed by atoms with Gasteiger partial charge in [0, 0.05) is 20.2 Å². The topological polar surface area (TPSA) is 52.6 Å². The van der Waals surface area contributed by atoms with E-state index in [4.69, 9.17) is 5.11 Å². The normalized spacial score (nSPS) is 12.5. The van der Waals surface area contributed by atoms with Gasteiger partial charge in [0.2, 0.25) is 5.91 Å². The van der Waals surface area contributed by atoms with E-state index in [-0.39, 0.29) is 18.6 Å². The first-order valence-electron chi connectivity index (χ1n) is 6.22. The number of aliphatic hydroxyl groups excluding tert-OH is 1. The minimum atomic E-state index is -0.0946. The molecule has 4 nitrogen and oxygen atoms in total. The van der Waals surface area contributed by atoms with Crippen LogP contribution in [0.4, 0.5) is 0 Å². The summed E-state index contributed by atoms with van der Waals surface area (Å²) in [6.07, 6.45) is 4.12. The average Bonchev–Trinajstić information content (AvgIpc) is 2.31. The van der Waals surface area contributed by atoms with Gasteiger partial charge in [-0.2, -0.15) is 0 Å². The molecule has 4 heteroatoms. The Hall–Kier alpha value is -0.610. The van der Waals surface area contributed by atoms with Crippen molar-refractivity contribution in [1.82, 2.24) is 10.2 Å². The smallest absolute Gasteiger partial charge is 0.239 e. The highest BCUT2D eigenvalue weighted by atomic mass is 16.2. The highest BCUT2D eigenvalue weighted by molar-refractivity contribution is 5.81. The molecule has 0 radical (unpaired) electrons. The van der Waals surface area contributed by atoms with E-state index in [0.717, 1.165) is 38.8 Å². The first kappa shape index (κ1) is 15.4. The van der Waals surface area contributed by atoms with Crippen molar-refractivity contribution in [2.24, 2.45) is 0 Å². The first-order chi connectivity index (χ1) is 7.63. The fourth-order valence-electron chi connectivity index (χ4n) is 1.48. The average molecular weight is 230 g/mol. The molecular formula is C12H26N2O2. The Morgan fingerprint density at radius 2 is 1.94 bits per heavy atom. The number of carbonyl (C=O) groups is 1. The van der Waals surface area contributed by atoms with Crippen LogP contribution in [0.2, 0.25) is 0 Å². The van der Waals surface area contributed by atoms with Crippen molar-refractivity contribution >= 4 is 5.91 Å². The Morgan fingerprint density at radius 3 is 2.50 bits per heavy atom. The predicted octanol–water partition coefficient (Wildman–Crippen LogP) is 0.995. The molecule has 96 valence electrons. The second-order valence-corrected chi connectivity index (χ2v) is 4.17. The molecule has 0 fully saturated rings. The van der Waals surface area contributed by atoms with Gasteiger partial charge < -0.3 is 15.3 Å². The second kappa shape index (κ2) is 9.60. The van der Waals surface area contributed by atoms with Crippen LogP contribution < -0.4 is 5.32 Å². The molecule has 0 spiro atoms. The van der Waals surface area contributed by atoms with E-state index in [1.165, 1.54) is 0 Å². The van der Waals surface area contributed by atoms with Crippen LogP contribution in [0.3, 0.4) is 0 Å². The van der Waals surface area contributed by atoms with Gasteiger partial charge >= 0.3 is 0 Å². The Labute approximate surface area is 99.0 Å². The molecule has 0 aromatic carbocycles. The fraction of sp³-hybridized carbons (Fsp3) is 0.917. The van der Waals surface area contributed by atoms with E-state index in [9.17, 15) is 4.79 Å². The number of amides is 1. The minimum absolute atomic E-state index is 0.0946. The summed E-state index contributed by atoms with van der Waals surface area (Å²) in [6.45, 7) is 5.78. The molecule has 0 aromatic rings. The Balaban J connectivity index is 3.50. The Bertz CT molecular complexity index is 186. The molecule has 1 atom stereocenters. The number of nitrogens with zero attached hydrogens (tertiary/aromatic N) is 1. The van der Waals surface area contributed by atoms with Crippen LogP contribution in [-0.4, -0.2) is 48.7 Å². The van der Waals surface area contributed by atoms with E-state index in [2.05, 4.69) is 5.32 Å². The van der Waals surface area contributed by atoms with E-state index < -0.39 is 0 Å². The summed E-state index contributed by atoms with van der Waals surface area (Å²) in [6, 6.07) is -0.0946. The summed E-state index contributed by atoms with van der Waals surface area (Å²) >= 11 is 0. The lowest BCUT2D eigenvalue weighted by atomic mass is 10.2. The number of rotatable bonds is 9. The molecule has 0 heterocycles. The molecule has 0 bridgehead atoms.